The first-order chi connectivity index (χ1) is 13.4. The first kappa shape index (κ1) is 19.1. The fourth-order valence-corrected chi connectivity index (χ4v) is 6.40. The number of fused-ring (bicyclic) bond motifs is 2. The molecule has 0 aliphatic carbocycles. The maximum Gasteiger partial charge on any atom is 0.231 e. The van der Waals surface area contributed by atoms with Gasteiger partial charge in [0.25, 0.3) is 0 Å². The average Bonchev–Trinajstić information content (AvgIpc) is 3.14. The maximum atomic E-state index is 5.88. The van der Waals surface area contributed by atoms with Crippen LogP contribution in [-0.2, 0) is 12.8 Å². The number of rotatable bonds is 5. The Morgan fingerprint density at radius 2 is 1.82 bits per heavy atom. The first-order valence-corrected chi connectivity index (χ1v) is 13.3. The molecular weight excluding hydrogens is 370 g/mol. The lowest BCUT2D eigenvalue weighted by atomic mass is 9.89. The Morgan fingerprint density at radius 3 is 2.54 bits per heavy atom. The molecule has 2 aliphatic heterocycles. The second-order valence-corrected chi connectivity index (χ2v) is 13.5. The van der Waals surface area contributed by atoms with E-state index in [0.717, 1.165) is 42.4 Å². The van der Waals surface area contributed by atoms with Crippen molar-refractivity contribution in [2.24, 2.45) is 0 Å². The fourth-order valence-electron chi connectivity index (χ4n) is 4.38. The molecule has 1 atom stereocenters. The summed E-state index contributed by atoms with van der Waals surface area (Å²) < 4.78 is 22.6. The van der Waals surface area contributed by atoms with Crippen LogP contribution in [0.1, 0.15) is 22.7 Å². The lowest BCUT2D eigenvalue weighted by molar-refractivity contribution is 0.174. The number of benzene rings is 2. The zero-order chi connectivity index (χ0) is 19.9. The Morgan fingerprint density at radius 1 is 1.07 bits per heavy atom. The van der Waals surface area contributed by atoms with Crippen molar-refractivity contribution in [3.8, 4) is 23.0 Å². The molecule has 0 radical (unpaired) electrons. The summed E-state index contributed by atoms with van der Waals surface area (Å²) in [4.78, 5) is 0. The van der Waals surface area contributed by atoms with E-state index in [1.807, 2.05) is 0 Å². The number of hydrogen-bond donors (Lipinski definition) is 1. The Hall–Kier alpha value is -2.18. The van der Waals surface area contributed by atoms with E-state index in [9.17, 15) is 0 Å². The molecule has 4 rings (SSSR count). The van der Waals surface area contributed by atoms with Gasteiger partial charge in [-0.3, -0.25) is 0 Å². The van der Waals surface area contributed by atoms with Crippen LogP contribution in [-0.4, -0.2) is 35.6 Å². The molecule has 0 saturated carbocycles. The van der Waals surface area contributed by atoms with Crippen LogP contribution in [0, 0.1) is 0 Å². The van der Waals surface area contributed by atoms with Crippen LogP contribution in [0.25, 0.3) is 0 Å². The quantitative estimate of drug-likeness (QED) is 0.781. The van der Waals surface area contributed by atoms with Gasteiger partial charge >= 0.3 is 0 Å². The van der Waals surface area contributed by atoms with Crippen LogP contribution < -0.4 is 29.5 Å². The van der Waals surface area contributed by atoms with Crippen molar-refractivity contribution in [3.63, 3.8) is 0 Å². The van der Waals surface area contributed by atoms with Crippen molar-refractivity contribution in [1.29, 1.82) is 0 Å². The van der Waals surface area contributed by atoms with Crippen LogP contribution in [0.3, 0.4) is 0 Å². The fraction of sp³-hybridized carbons (Fsp3) is 0.455. The minimum Gasteiger partial charge on any atom is -0.493 e. The summed E-state index contributed by atoms with van der Waals surface area (Å²) in [5, 5.41) is 5.08. The van der Waals surface area contributed by atoms with Gasteiger partial charge in [-0.05, 0) is 59.5 Å². The average molecular weight is 400 g/mol. The molecule has 0 spiro atoms. The summed E-state index contributed by atoms with van der Waals surface area (Å²) in [6, 6.07) is 8.77. The third kappa shape index (κ3) is 3.35. The second-order valence-electron chi connectivity index (χ2n) is 8.45. The van der Waals surface area contributed by atoms with E-state index >= 15 is 0 Å². The van der Waals surface area contributed by atoms with Crippen molar-refractivity contribution in [2.75, 3.05) is 27.6 Å². The molecule has 0 bridgehead atoms. The zero-order valence-corrected chi connectivity index (χ0v) is 18.3. The van der Waals surface area contributed by atoms with Crippen LogP contribution in [0.4, 0.5) is 0 Å². The summed E-state index contributed by atoms with van der Waals surface area (Å²) in [7, 11) is 1.76. The van der Waals surface area contributed by atoms with Crippen molar-refractivity contribution < 1.29 is 18.9 Å². The van der Waals surface area contributed by atoms with E-state index < -0.39 is 8.07 Å². The largest absolute Gasteiger partial charge is 0.493 e. The van der Waals surface area contributed by atoms with Gasteiger partial charge in [0.1, 0.15) is 0 Å². The molecule has 6 heteroatoms. The maximum absolute atomic E-state index is 5.88. The third-order valence-electron chi connectivity index (χ3n) is 5.61. The zero-order valence-electron chi connectivity index (χ0n) is 17.3. The smallest absolute Gasteiger partial charge is 0.231 e. The molecule has 0 unspecified atom stereocenters. The molecule has 2 heterocycles. The normalized spacial score (nSPS) is 18.0. The summed E-state index contributed by atoms with van der Waals surface area (Å²) >= 11 is 0. The van der Waals surface area contributed by atoms with Gasteiger partial charge < -0.3 is 24.3 Å². The van der Waals surface area contributed by atoms with Crippen LogP contribution in [0.5, 0.6) is 23.0 Å². The molecule has 0 amide bonds. The highest BCUT2D eigenvalue weighted by atomic mass is 28.3. The standard InChI is InChI=1S/C22H29NO4Si/c1-24-19-11-14-8-9-23-17(16(14)12-20(19)25-2)10-15-6-7-18-21(27-13-26-18)22(15)28(3,4)5/h6-7,11-12,17,23H,8-10,13H2,1-5H3/t17-/m0/s1. The van der Waals surface area contributed by atoms with Gasteiger partial charge in [0.15, 0.2) is 23.0 Å². The molecule has 5 nitrogen and oxygen atoms in total. The van der Waals surface area contributed by atoms with Gasteiger partial charge in [-0.25, -0.2) is 0 Å². The van der Waals surface area contributed by atoms with Gasteiger partial charge in [0.05, 0.1) is 22.3 Å². The van der Waals surface area contributed by atoms with Gasteiger partial charge in [-0.2, -0.15) is 0 Å². The minimum atomic E-state index is -1.62. The van der Waals surface area contributed by atoms with E-state index in [4.69, 9.17) is 18.9 Å². The SMILES string of the molecule is COc1cc2c(cc1OC)[C@H](Cc1ccc3c(c1[Si](C)(C)C)OCO3)NCC2. The van der Waals surface area contributed by atoms with E-state index in [2.05, 4.69) is 49.2 Å². The molecule has 0 fully saturated rings. The predicted molar refractivity (Wildman–Crippen MR) is 113 cm³/mol. The van der Waals surface area contributed by atoms with Crippen molar-refractivity contribution in [3.05, 3.63) is 41.0 Å². The Bertz CT molecular complexity index is 891. The van der Waals surface area contributed by atoms with Crippen LogP contribution in [0.2, 0.25) is 19.6 Å². The Balaban J connectivity index is 1.74. The van der Waals surface area contributed by atoms with E-state index in [1.165, 1.54) is 21.9 Å². The lowest BCUT2D eigenvalue weighted by Crippen LogP contribution is -2.42. The van der Waals surface area contributed by atoms with Gasteiger partial charge in [-0.15, -0.1) is 0 Å². The van der Waals surface area contributed by atoms with Crippen molar-refractivity contribution in [1.82, 2.24) is 5.32 Å². The number of hydrogen-bond acceptors (Lipinski definition) is 5. The van der Waals surface area contributed by atoms with Crippen molar-refractivity contribution in [2.45, 2.75) is 38.5 Å². The van der Waals surface area contributed by atoms with E-state index in [1.54, 1.807) is 14.2 Å². The van der Waals surface area contributed by atoms with Gasteiger partial charge in [0, 0.05) is 6.04 Å². The molecular formula is C22H29NO4Si. The highest BCUT2D eigenvalue weighted by molar-refractivity contribution is 6.89. The predicted octanol–water partition coefficient (Wildman–Crippen LogP) is 3.41. The van der Waals surface area contributed by atoms with E-state index in [-0.39, 0.29) is 6.04 Å². The molecule has 28 heavy (non-hydrogen) atoms. The Kier molecular flexibility index (Phi) is 5.01. The summed E-state index contributed by atoms with van der Waals surface area (Å²) in [5.41, 5.74) is 3.98. The summed E-state index contributed by atoms with van der Waals surface area (Å²) in [6.45, 7) is 8.37. The summed E-state index contributed by atoms with van der Waals surface area (Å²) in [5.74, 6) is 3.42. The first-order valence-electron chi connectivity index (χ1n) is 9.82. The molecule has 2 aromatic rings. The van der Waals surface area contributed by atoms with Crippen LogP contribution >= 0.6 is 0 Å². The number of nitrogens with one attached hydrogen (secondary N) is 1. The minimum absolute atomic E-state index is 0.235. The van der Waals surface area contributed by atoms with Gasteiger partial charge in [0.2, 0.25) is 6.79 Å². The highest BCUT2D eigenvalue weighted by Crippen LogP contribution is 2.38. The molecule has 2 aromatic carbocycles. The molecule has 2 aliphatic rings. The second kappa shape index (κ2) is 7.33. The molecule has 0 aromatic heterocycles. The molecule has 0 saturated heterocycles. The number of ether oxygens (including phenoxy) is 4. The highest BCUT2D eigenvalue weighted by Gasteiger charge is 2.32. The monoisotopic (exact) mass is 399 g/mol. The third-order valence-corrected chi connectivity index (χ3v) is 7.65. The van der Waals surface area contributed by atoms with Crippen LogP contribution in [0.15, 0.2) is 24.3 Å². The lowest BCUT2D eigenvalue weighted by Gasteiger charge is -2.30. The van der Waals surface area contributed by atoms with Crippen molar-refractivity contribution >= 4 is 13.3 Å². The summed E-state index contributed by atoms with van der Waals surface area (Å²) in [6.07, 6.45) is 1.91. The Labute approximate surface area is 168 Å². The van der Waals surface area contributed by atoms with E-state index in [0.29, 0.717) is 6.79 Å². The number of methoxy groups -OCH3 is 2. The molecule has 1 N–H and O–H groups in total. The topological polar surface area (TPSA) is 49.0 Å². The molecule has 150 valence electrons. The van der Waals surface area contributed by atoms with Gasteiger partial charge in [-0.1, -0.05) is 25.7 Å².